The Bertz CT molecular complexity index is 970. The van der Waals surface area contributed by atoms with Crippen LogP contribution in [0, 0.1) is 5.92 Å². The zero-order valence-corrected chi connectivity index (χ0v) is 19.5. The van der Waals surface area contributed by atoms with Crippen LogP contribution in [0.1, 0.15) is 43.2 Å². The van der Waals surface area contributed by atoms with Crippen molar-refractivity contribution in [3.63, 3.8) is 0 Å². The van der Waals surface area contributed by atoms with Crippen LogP contribution >= 0.6 is 11.3 Å². The molecule has 0 aliphatic carbocycles. The number of amides is 1. The lowest BCUT2D eigenvalue weighted by molar-refractivity contribution is -0.126. The molecular weight excluding hydrogens is 430 g/mol. The van der Waals surface area contributed by atoms with Gasteiger partial charge in [0, 0.05) is 26.2 Å². The molecule has 1 aromatic carbocycles. The minimum absolute atomic E-state index is 0.0625. The van der Waals surface area contributed by atoms with Gasteiger partial charge in [-0.3, -0.25) is 9.69 Å². The summed E-state index contributed by atoms with van der Waals surface area (Å²) in [5.74, 6) is -0.368. The maximum absolute atomic E-state index is 12.8. The molecule has 1 N–H and O–H groups in total. The van der Waals surface area contributed by atoms with Crippen molar-refractivity contribution < 1.29 is 13.2 Å². The molecule has 0 bridgehead atoms. The first-order valence-corrected chi connectivity index (χ1v) is 13.5. The van der Waals surface area contributed by atoms with Gasteiger partial charge in [-0.05, 0) is 61.3 Å². The molecule has 0 radical (unpaired) electrons. The van der Waals surface area contributed by atoms with Gasteiger partial charge in [0.25, 0.3) is 10.0 Å². The quantitative estimate of drug-likeness (QED) is 0.686. The van der Waals surface area contributed by atoms with Crippen LogP contribution in [0.4, 0.5) is 0 Å². The Morgan fingerprint density at radius 2 is 1.84 bits per heavy atom. The third-order valence-electron chi connectivity index (χ3n) is 6.16. The van der Waals surface area contributed by atoms with E-state index in [-0.39, 0.29) is 18.4 Å². The summed E-state index contributed by atoms with van der Waals surface area (Å²) >= 11 is 1.22. The van der Waals surface area contributed by atoms with Gasteiger partial charge in [0.05, 0.1) is 5.92 Å². The number of thiophene rings is 1. The molecule has 1 aromatic heterocycles. The van der Waals surface area contributed by atoms with Crippen LogP contribution in [-0.2, 0) is 27.9 Å². The predicted octanol–water partition coefficient (Wildman–Crippen LogP) is 3.45. The topological polar surface area (TPSA) is 69.7 Å². The Morgan fingerprint density at radius 3 is 2.61 bits per heavy atom. The number of likely N-dealkylation sites (tertiary alicyclic amines) is 1. The number of carbonyl (C=O) groups is 1. The van der Waals surface area contributed by atoms with Gasteiger partial charge in [-0.15, -0.1) is 11.3 Å². The van der Waals surface area contributed by atoms with E-state index in [1.54, 1.807) is 17.5 Å². The number of rotatable bonds is 7. The van der Waals surface area contributed by atoms with Gasteiger partial charge in [-0.2, -0.15) is 4.31 Å². The summed E-state index contributed by atoms with van der Waals surface area (Å²) in [5.41, 5.74) is 2.36. The van der Waals surface area contributed by atoms with Crippen LogP contribution in [0.25, 0.3) is 0 Å². The number of carbonyl (C=O) groups excluding carboxylic acids is 1. The second-order valence-corrected chi connectivity index (χ2v) is 11.6. The molecule has 1 atom stereocenters. The van der Waals surface area contributed by atoms with Crippen LogP contribution in [0.2, 0.25) is 0 Å². The highest BCUT2D eigenvalue weighted by Gasteiger charge is 2.33. The fourth-order valence-electron chi connectivity index (χ4n) is 4.46. The number of hydrogen-bond acceptors (Lipinski definition) is 5. The van der Waals surface area contributed by atoms with Crippen LogP contribution in [-0.4, -0.2) is 49.7 Å². The lowest BCUT2D eigenvalue weighted by Gasteiger charge is -2.30. The molecule has 0 saturated carbocycles. The van der Waals surface area contributed by atoms with E-state index >= 15 is 0 Å². The molecule has 0 unspecified atom stereocenters. The Morgan fingerprint density at radius 1 is 1.03 bits per heavy atom. The standard InChI is InChI=1S/C23H31N3O3S2/c27-23(21-9-5-13-26(18-21)31(28,29)22-10-6-14-30-22)24-16-19-7-4-8-20(15-19)17-25-11-2-1-3-12-25/h4,6-8,10,14-15,21H,1-3,5,9,11-13,16-18H2,(H,24,27)/t21-/m0/s1. The van der Waals surface area contributed by atoms with Crippen LogP contribution in [0.5, 0.6) is 0 Å². The van der Waals surface area contributed by atoms with E-state index in [1.807, 2.05) is 6.07 Å². The van der Waals surface area contributed by atoms with Gasteiger partial charge in [0.1, 0.15) is 4.21 Å². The molecule has 2 aliphatic heterocycles. The molecular formula is C23H31N3O3S2. The molecule has 0 spiro atoms. The zero-order chi connectivity index (χ0) is 21.7. The lowest BCUT2D eigenvalue weighted by atomic mass is 9.98. The largest absolute Gasteiger partial charge is 0.352 e. The average molecular weight is 462 g/mol. The summed E-state index contributed by atoms with van der Waals surface area (Å²) in [7, 11) is -3.50. The monoisotopic (exact) mass is 461 g/mol. The normalized spacial score (nSPS) is 21.1. The van der Waals surface area contributed by atoms with E-state index in [9.17, 15) is 13.2 Å². The van der Waals surface area contributed by atoms with Gasteiger partial charge in [-0.1, -0.05) is 36.8 Å². The van der Waals surface area contributed by atoms with Gasteiger partial charge in [0.15, 0.2) is 0 Å². The zero-order valence-electron chi connectivity index (χ0n) is 17.8. The van der Waals surface area contributed by atoms with Crippen molar-refractivity contribution in [3.05, 3.63) is 52.9 Å². The van der Waals surface area contributed by atoms with Gasteiger partial charge in [0.2, 0.25) is 5.91 Å². The lowest BCUT2D eigenvalue weighted by Crippen LogP contribution is -2.45. The highest BCUT2D eigenvalue weighted by atomic mass is 32.2. The first-order chi connectivity index (χ1) is 15.0. The number of benzene rings is 1. The van der Waals surface area contributed by atoms with E-state index in [4.69, 9.17) is 0 Å². The molecule has 168 valence electrons. The first kappa shape index (κ1) is 22.5. The molecule has 31 heavy (non-hydrogen) atoms. The smallest absolute Gasteiger partial charge is 0.252 e. The van der Waals surface area contributed by atoms with Crippen molar-refractivity contribution in [3.8, 4) is 0 Å². The first-order valence-electron chi connectivity index (χ1n) is 11.1. The molecule has 3 heterocycles. The Labute approximate surface area is 189 Å². The van der Waals surface area contributed by atoms with Crippen molar-refractivity contribution >= 4 is 27.3 Å². The summed E-state index contributed by atoms with van der Waals surface area (Å²) in [6.07, 6.45) is 5.30. The van der Waals surface area contributed by atoms with E-state index in [0.29, 0.717) is 23.7 Å². The Balaban J connectivity index is 1.32. The highest BCUT2D eigenvalue weighted by Crippen LogP contribution is 2.26. The fraction of sp³-hybridized carbons (Fsp3) is 0.522. The van der Waals surface area contributed by atoms with Crippen molar-refractivity contribution in [1.82, 2.24) is 14.5 Å². The molecule has 4 rings (SSSR count). The second kappa shape index (κ2) is 10.3. The number of piperidine rings is 2. The van der Waals surface area contributed by atoms with E-state index in [1.165, 1.54) is 40.5 Å². The summed E-state index contributed by atoms with van der Waals surface area (Å²) in [5, 5.41) is 4.80. The second-order valence-electron chi connectivity index (χ2n) is 8.51. The van der Waals surface area contributed by atoms with Crippen molar-refractivity contribution in [1.29, 1.82) is 0 Å². The minimum atomic E-state index is -3.50. The highest BCUT2D eigenvalue weighted by molar-refractivity contribution is 7.91. The summed E-state index contributed by atoms with van der Waals surface area (Å²) in [4.78, 5) is 15.3. The number of nitrogens with zero attached hydrogens (tertiary/aromatic N) is 2. The van der Waals surface area contributed by atoms with E-state index in [0.717, 1.165) is 31.6 Å². The number of sulfonamides is 1. The van der Waals surface area contributed by atoms with E-state index < -0.39 is 10.0 Å². The van der Waals surface area contributed by atoms with Crippen molar-refractivity contribution in [2.24, 2.45) is 5.92 Å². The predicted molar refractivity (Wildman–Crippen MR) is 123 cm³/mol. The Hall–Kier alpha value is -1.74. The molecule has 1 amide bonds. The van der Waals surface area contributed by atoms with Crippen molar-refractivity contribution in [2.75, 3.05) is 26.2 Å². The van der Waals surface area contributed by atoms with Gasteiger partial charge in [-0.25, -0.2) is 8.42 Å². The SMILES string of the molecule is O=C(NCc1cccc(CN2CCCCC2)c1)[C@H]1CCCN(S(=O)(=O)c2cccs2)C1. The molecule has 8 heteroatoms. The summed E-state index contributed by atoms with van der Waals surface area (Å²) in [6, 6.07) is 11.8. The van der Waals surface area contributed by atoms with E-state index in [2.05, 4.69) is 28.4 Å². The van der Waals surface area contributed by atoms with Crippen LogP contribution < -0.4 is 5.32 Å². The van der Waals surface area contributed by atoms with Gasteiger partial charge >= 0.3 is 0 Å². The number of hydrogen-bond donors (Lipinski definition) is 1. The molecule has 6 nitrogen and oxygen atoms in total. The molecule has 2 fully saturated rings. The minimum Gasteiger partial charge on any atom is -0.352 e. The summed E-state index contributed by atoms with van der Waals surface area (Å²) < 4.78 is 27.4. The third kappa shape index (κ3) is 5.74. The Kier molecular flexibility index (Phi) is 7.43. The summed E-state index contributed by atoms with van der Waals surface area (Å²) in [6.45, 7) is 4.48. The third-order valence-corrected chi connectivity index (χ3v) is 9.40. The number of nitrogens with one attached hydrogen (secondary N) is 1. The molecule has 2 aliphatic rings. The average Bonchev–Trinajstić information content (AvgIpc) is 3.35. The molecule has 2 saturated heterocycles. The van der Waals surface area contributed by atoms with Gasteiger partial charge < -0.3 is 5.32 Å². The molecule has 2 aromatic rings. The maximum atomic E-state index is 12.8. The maximum Gasteiger partial charge on any atom is 0.252 e. The van der Waals surface area contributed by atoms with Crippen LogP contribution in [0.15, 0.2) is 46.0 Å². The van der Waals surface area contributed by atoms with Crippen LogP contribution in [0.3, 0.4) is 0 Å². The van der Waals surface area contributed by atoms with Crippen molar-refractivity contribution in [2.45, 2.75) is 49.4 Å². The fourth-order valence-corrected chi connectivity index (χ4v) is 7.13.